The Bertz CT molecular complexity index is 426. The number of carbonyl (C=O) groups is 1. The fourth-order valence-electron chi connectivity index (χ4n) is 6.06. The lowest BCUT2D eigenvalue weighted by molar-refractivity contribution is -0.145. The van der Waals surface area contributed by atoms with Crippen molar-refractivity contribution < 1.29 is 4.79 Å². The van der Waals surface area contributed by atoms with Crippen molar-refractivity contribution in [2.24, 2.45) is 22.2 Å². The predicted molar refractivity (Wildman–Crippen MR) is 82.8 cm³/mol. The molecule has 4 aliphatic carbocycles. The molecular formula is C17H28ClNO. The second kappa shape index (κ2) is 4.15. The Hall–Kier alpha value is -0.240. The summed E-state index contributed by atoms with van der Waals surface area (Å²) >= 11 is 5.97. The highest BCUT2D eigenvalue weighted by Gasteiger charge is 2.60. The first-order valence-corrected chi connectivity index (χ1v) is 8.52. The molecule has 2 unspecified atom stereocenters. The number of halogens is 1. The van der Waals surface area contributed by atoms with E-state index < -0.39 is 5.41 Å². The van der Waals surface area contributed by atoms with Gasteiger partial charge in [-0.3, -0.25) is 4.79 Å². The monoisotopic (exact) mass is 297 g/mol. The van der Waals surface area contributed by atoms with Crippen LogP contribution in [-0.4, -0.2) is 17.3 Å². The van der Waals surface area contributed by atoms with E-state index in [-0.39, 0.29) is 11.4 Å². The van der Waals surface area contributed by atoms with Gasteiger partial charge in [0.25, 0.3) is 0 Å². The highest BCUT2D eigenvalue weighted by atomic mass is 35.5. The zero-order valence-electron chi connectivity index (χ0n) is 13.3. The van der Waals surface area contributed by atoms with Crippen molar-refractivity contribution in [1.29, 1.82) is 0 Å². The van der Waals surface area contributed by atoms with Gasteiger partial charge in [0.1, 0.15) is 0 Å². The number of hydrogen-bond donors (Lipinski definition) is 1. The third-order valence-electron chi connectivity index (χ3n) is 5.95. The molecule has 1 N–H and O–H groups in total. The van der Waals surface area contributed by atoms with Crippen LogP contribution in [-0.2, 0) is 4.79 Å². The second-order valence-electron chi connectivity index (χ2n) is 9.38. The zero-order valence-corrected chi connectivity index (χ0v) is 14.1. The summed E-state index contributed by atoms with van der Waals surface area (Å²) in [5.41, 5.74) is 0.454. The number of alkyl halides is 1. The number of nitrogens with one attached hydrogen (secondary N) is 1. The third-order valence-corrected chi connectivity index (χ3v) is 6.62. The molecule has 2 atom stereocenters. The summed E-state index contributed by atoms with van der Waals surface area (Å²) in [5, 5.41) is 3.44. The molecule has 0 aromatic heterocycles. The summed E-state index contributed by atoms with van der Waals surface area (Å²) in [4.78, 5) is 12.6. The molecule has 0 saturated heterocycles. The van der Waals surface area contributed by atoms with Gasteiger partial charge < -0.3 is 5.32 Å². The standard InChI is InChI=1S/C17H28ClNO/c1-14(2,11-18)13(20)19-17-7-12-5-15(3,9-17)8-16(4,6-12)10-17/h12H,5-11H2,1-4H3,(H,19,20). The SMILES string of the molecule is CC12CC3CC(C)(C1)CC(NC(=O)C(C)(C)CCl)(C3)C2. The van der Waals surface area contributed by atoms with E-state index in [1.165, 1.54) is 25.7 Å². The van der Waals surface area contributed by atoms with Crippen molar-refractivity contribution in [2.45, 2.75) is 71.8 Å². The van der Waals surface area contributed by atoms with Gasteiger partial charge >= 0.3 is 0 Å². The Labute approximate surface area is 128 Å². The number of carbonyl (C=O) groups excluding carboxylic acids is 1. The largest absolute Gasteiger partial charge is 0.350 e. The average Bonchev–Trinajstić information content (AvgIpc) is 2.22. The van der Waals surface area contributed by atoms with Gasteiger partial charge in [-0.05, 0) is 69.1 Å². The van der Waals surface area contributed by atoms with Gasteiger partial charge in [0.2, 0.25) is 5.91 Å². The molecule has 114 valence electrons. The van der Waals surface area contributed by atoms with Gasteiger partial charge in [-0.1, -0.05) is 13.8 Å². The van der Waals surface area contributed by atoms with E-state index in [4.69, 9.17) is 11.6 Å². The fraction of sp³-hybridized carbons (Fsp3) is 0.941. The lowest BCUT2D eigenvalue weighted by Gasteiger charge is -2.65. The Kier molecular flexibility index (Phi) is 3.05. The van der Waals surface area contributed by atoms with E-state index in [0.717, 1.165) is 18.8 Å². The van der Waals surface area contributed by atoms with E-state index in [1.54, 1.807) is 0 Å². The topological polar surface area (TPSA) is 29.1 Å². The van der Waals surface area contributed by atoms with Crippen molar-refractivity contribution in [3.63, 3.8) is 0 Å². The first kappa shape index (κ1) is 14.7. The van der Waals surface area contributed by atoms with Gasteiger partial charge in [0, 0.05) is 11.4 Å². The van der Waals surface area contributed by atoms with Crippen LogP contribution in [0.4, 0.5) is 0 Å². The first-order valence-electron chi connectivity index (χ1n) is 7.98. The molecule has 0 aromatic rings. The lowest BCUT2D eigenvalue weighted by Crippen LogP contribution is -2.66. The van der Waals surface area contributed by atoms with Gasteiger partial charge in [-0.25, -0.2) is 0 Å². The quantitative estimate of drug-likeness (QED) is 0.780. The van der Waals surface area contributed by atoms with Gasteiger partial charge in [0.15, 0.2) is 0 Å². The van der Waals surface area contributed by atoms with E-state index in [0.29, 0.717) is 16.7 Å². The van der Waals surface area contributed by atoms with Gasteiger partial charge in [-0.2, -0.15) is 0 Å². The zero-order chi connectivity index (χ0) is 14.8. The molecule has 2 nitrogen and oxygen atoms in total. The predicted octanol–water partition coefficient (Wildman–Crippen LogP) is 4.12. The van der Waals surface area contributed by atoms with Crippen molar-refractivity contribution >= 4 is 17.5 Å². The molecule has 4 bridgehead atoms. The molecule has 4 rings (SSSR count). The molecule has 3 heteroatoms. The van der Waals surface area contributed by atoms with Crippen LogP contribution < -0.4 is 5.32 Å². The minimum absolute atomic E-state index is 0.0450. The molecule has 4 aliphatic rings. The van der Waals surface area contributed by atoms with E-state index in [9.17, 15) is 4.79 Å². The van der Waals surface area contributed by atoms with E-state index >= 15 is 0 Å². The van der Waals surface area contributed by atoms with Crippen LogP contribution in [0.25, 0.3) is 0 Å². The molecule has 0 spiro atoms. The second-order valence-corrected chi connectivity index (χ2v) is 9.65. The number of amides is 1. The van der Waals surface area contributed by atoms with Crippen molar-refractivity contribution in [3.05, 3.63) is 0 Å². The molecule has 0 aromatic carbocycles. The van der Waals surface area contributed by atoms with Crippen LogP contribution in [0, 0.1) is 22.2 Å². The van der Waals surface area contributed by atoms with Crippen LogP contribution in [0.15, 0.2) is 0 Å². The Balaban J connectivity index is 1.84. The van der Waals surface area contributed by atoms with Gasteiger partial charge in [-0.15, -0.1) is 11.6 Å². The third kappa shape index (κ3) is 2.28. The first-order chi connectivity index (χ1) is 9.10. The number of rotatable bonds is 3. The Morgan fingerprint density at radius 1 is 1.15 bits per heavy atom. The summed E-state index contributed by atoms with van der Waals surface area (Å²) in [6.45, 7) is 8.76. The summed E-state index contributed by atoms with van der Waals surface area (Å²) in [7, 11) is 0. The van der Waals surface area contributed by atoms with E-state index in [2.05, 4.69) is 19.2 Å². The minimum Gasteiger partial charge on any atom is -0.350 e. The Morgan fingerprint density at radius 3 is 2.15 bits per heavy atom. The Morgan fingerprint density at radius 2 is 1.70 bits per heavy atom. The minimum atomic E-state index is -0.466. The maximum Gasteiger partial charge on any atom is 0.227 e. The molecule has 4 saturated carbocycles. The highest BCUT2D eigenvalue weighted by molar-refractivity contribution is 6.19. The average molecular weight is 298 g/mol. The fourth-order valence-corrected chi connectivity index (χ4v) is 6.18. The molecule has 0 radical (unpaired) electrons. The molecule has 20 heavy (non-hydrogen) atoms. The lowest BCUT2D eigenvalue weighted by atomic mass is 9.42. The molecule has 0 aliphatic heterocycles. The normalized spacial score (nSPS) is 46.5. The summed E-state index contributed by atoms with van der Waals surface area (Å²) < 4.78 is 0. The highest BCUT2D eigenvalue weighted by Crippen LogP contribution is 2.66. The maximum absolute atomic E-state index is 12.6. The van der Waals surface area contributed by atoms with Crippen molar-refractivity contribution in [1.82, 2.24) is 5.32 Å². The van der Waals surface area contributed by atoms with Gasteiger partial charge in [0.05, 0.1) is 5.41 Å². The van der Waals surface area contributed by atoms with Crippen LogP contribution in [0.2, 0.25) is 0 Å². The molecular weight excluding hydrogens is 270 g/mol. The summed E-state index contributed by atoms with van der Waals surface area (Å²) in [6.07, 6.45) is 7.57. The van der Waals surface area contributed by atoms with Crippen LogP contribution in [0.3, 0.4) is 0 Å². The smallest absolute Gasteiger partial charge is 0.227 e. The van der Waals surface area contributed by atoms with Crippen molar-refractivity contribution in [3.8, 4) is 0 Å². The summed E-state index contributed by atoms with van der Waals surface area (Å²) in [5.74, 6) is 1.33. The number of hydrogen-bond acceptors (Lipinski definition) is 1. The molecule has 0 heterocycles. The van der Waals surface area contributed by atoms with E-state index in [1.807, 2.05) is 13.8 Å². The molecule has 4 fully saturated rings. The van der Waals surface area contributed by atoms with Crippen LogP contribution in [0.1, 0.15) is 66.2 Å². The molecule has 1 amide bonds. The van der Waals surface area contributed by atoms with Crippen LogP contribution >= 0.6 is 11.6 Å². The summed E-state index contributed by atoms with van der Waals surface area (Å²) in [6, 6.07) is 0. The van der Waals surface area contributed by atoms with Crippen molar-refractivity contribution in [2.75, 3.05) is 5.88 Å². The maximum atomic E-state index is 12.6. The van der Waals surface area contributed by atoms with Crippen LogP contribution in [0.5, 0.6) is 0 Å².